The fourth-order valence-corrected chi connectivity index (χ4v) is 2.97. The van der Waals surface area contributed by atoms with Gasteiger partial charge in [0.15, 0.2) is 0 Å². The SMILES string of the molecule is COc1ccc(CC(=O)N2CC[C@H](N(C)C)C[C@H]2C(=O)O)cc1. The average Bonchev–Trinajstić information content (AvgIpc) is 2.54. The van der Waals surface area contributed by atoms with Crippen LogP contribution in [-0.4, -0.2) is 66.6 Å². The number of nitrogens with zero attached hydrogens (tertiary/aromatic N) is 2. The molecule has 1 aromatic carbocycles. The molecule has 23 heavy (non-hydrogen) atoms. The van der Waals surface area contributed by atoms with E-state index in [2.05, 4.69) is 0 Å². The van der Waals surface area contributed by atoms with E-state index in [0.717, 1.165) is 17.7 Å². The summed E-state index contributed by atoms with van der Waals surface area (Å²) >= 11 is 0. The van der Waals surface area contributed by atoms with Gasteiger partial charge < -0.3 is 19.6 Å². The average molecular weight is 320 g/mol. The summed E-state index contributed by atoms with van der Waals surface area (Å²) < 4.78 is 5.10. The van der Waals surface area contributed by atoms with Crippen molar-refractivity contribution in [1.82, 2.24) is 9.80 Å². The largest absolute Gasteiger partial charge is 0.497 e. The van der Waals surface area contributed by atoms with Crippen LogP contribution in [-0.2, 0) is 16.0 Å². The van der Waals surface area contributed by atoms with Gasteiger partial charge in [0, 0.05) is 12.6 Å². The summed E-state index contributed by atoms with van der Waals surface area (Å²) in [7, 11) is 5.48. The van der Waals surface area contributed by atoms with E-state index < -0.39 is 12.0 Å². The number of rotatable bonds is 5. The second kappa shape index (κ2) is 7.46. The third-order valence-electron chi connectivity index (χ3n) is 4.42. The number of hydrogen-bond acceptors (Lipinski definition) is 4. The number of carbonyl (C=O) groups is 2. The Morgan fingerprint density at radius 1 is 1.30 bits per heavy atom. The Balaban J connectivity index is 2.05. The molecule has 126 valence electrons. The van der Waals surface area contributed by atoms with Gasteiger partial charge in [-0.15, -0.1) is 0 Å². The number of ether oxygens (including phenoxy) is 1. The number of methoxy groups -OCH3 is 1. The van der Waals surface area contributed by atoms with Gasteiger partial charge in [0.2, 0.25) is 5.91 Å². The Labute approximate surface area is 136 Å². The molecule has 0 spiro atoms. The van der Waals surface area contributed by atoms with E-state index in [1.807, 2.05) is 31.1 Å². The van der Waals surface area contributed by atoms with Crippen LogP contribution in [0.15, 0.2) is 24.3 Å². The monoisotopic (exact) mass is 320 g/mol. The molecule has 0 bridgehead atoms. The second-order valence-electron chi connectivity index (χ2n) is 6.11. The van der Waals surface area contributed by atoms with Crippen LogP contribution < -0.4 is 4.74 Å². The molecule has 2 atom stereocenters. The van der Waals surface area contributed by atoms with Crippen molar-refractivity contribution in [3.05, 3.63) is 29.8 Å². The van der Waals surface area contributed by atoms with Gasteiger partial charge in [-0.2, -0.15) is 0 Å². The molecule has 1 N–H and O–H groups in total. The number of benzene rings is 1. The summed E-state index contributed by atoms with van der Waals surface area (Å²) in [6, 6.07) is 6.71. The molecule has 1 amide bonds. The first-order valence-corrected chi connectivity index (χ1v) is 7.74. The highest BCUT2D eigenvalue weighted by Crippen LogP contribution is 2.22. The van der Waals surface area contributed by atoms with Gasteiger partial charge in [-0.05, 0) is 44.6 Å². The third kappa shape index (κ3) is 4.22. The van der Waals surface area contributed by atoms with E-state index in [9.17, 15) is 14.7 Å². The van der Waals surface area contributed by atoms with E-state index in [0.29, 0.717) is 13.0 Å². The molecule has 6 nitrogen and oxygen atoms in total. The Hall–Kier alpha value is -2.08. The minimum Gasteiger partial charge on any atom is -0.497 e. The van der Waals surface area contributed by atoms with Gasteiger partial charge in [-0.3, -0.25) is 4.79 Å². The van der Waals surface area contributed by atoms with Gasteiger partial charge in [0.05, 0.1) is 13.5 Å². The molecule has 1 heterocycles. The highest BCUT2D eigenvalue weighted by Gasteiger charge is 2.36. The number of carboxylic acid groups (broad SMARTS) is 1. The van der Waals surface area contributed by atoms with Crippen molar-refractivity contribution < 1.29 is 19.4 Å². The van der Waals surface area contributed by atoms with Crippen molar-refractivity contribution >= 4 is 11.9 Å². The number of aliphatic carboxylic acids is 1. The first-order valence-electron chi connectivity index (χ1n) is 7.74. The zero-order chi connectivity index (χ0) is 17.0. The Morgan fingerprint density at radius 2 is 1.96 bits per heavy atom. The van der Waals surface area contributed by atoms with E-state index in [4.69, 9.17) is 4.74 Å². The van der Waals surface area contributed by atoms with E-state index in [-0.39, 0.29) is 18.4 Å². The fraction of sp³-hybridized carbons (Fsp3) is 0.529. The van der Waals surface area contributed by atoms with Crippen LogP contribution in [0.4, 0.5) is 0 Å². The van der Waals surface area contributed by atoms with Crippen LogP contribution in [0.1, 0.15) is 18.4 Å². The molecule has 0 unspecified atom stereocenters. The number of carboxylic acids is 1. The summed E-state index contributed by atoms with van der Waals surface area (Å²) in [5.41, 5.74) is 0.856. The van der Waals surface area contributed by atoms with Crippen LogP contribution in [0, 0.1) is 0 Å². The van der Waals surface area contributed by atoms with E-state index in [1.54, 1.807) is 19.2 Å². The first kappa shape index (κ1) is 17.3. The Bertz CT molecular complexity index is 556. The number of carbonyl (C=O) groups excluding carboxylic acids is 1. The predicted molar refractivity (Wildman–Crippen MR) is 86.5 cm³/mol. The van der Waals surface area contributed by atoms with Gasteiger partial charge >= 0.3 is 5.97 Å². The van der Waals surface area contributed by atoms with Gasteiger partial charge in [0.1, 0.15) is 11.8 Å². The number of likely N-dealkylation sites (tertiary alicyclic amines) is 1. The van der Waals surface area contributed by atoms with Crippen LogP contribution in [0.25, 0.3) is 0 Å². The maximum Gasteiger partial charge on any atom is 0.326 e. The molecule has 1 aromatic rings. The molecule has 1 saturated heterocycles. The molecule has 0 aliphatic carbocycles. The molecular formula is C17H24N2O4. The molecule has 6 heteroatoms. The fourth-order valence-electron chi connectivity index (χ4n) is 2.97. The van der Waals surface area contributed by atoms with Crippen LogP contribution in [0.3, 0.4) is 0 Å². The predicted octanol–water partition coefficient (Wildman–Crippen LogP) is 1.24. The van der Waals surface area contributed by atoms with Crippen molar-refractivity contribution in [2.75, 3.05) is 27.7 Å². The number of amides is 1. The topological polar surface area (TPSA) is 70.1 Å². The van der Waals surface area contributed by atoms with Crippen molar-refractivity contribution in [3.63, 3.8) is 0 Å². The number of piperidine rings is 1. The van der Waals surface area contributed by atoms with Crippen LogP contribution in [0.5, 0.6) is 5.75 Å². The maximum absolute atomic E-state index is 12.5. The van der Waals surface area contributed by atoms with Gasteiger partial charge in [-0.1, -0.05) is 12.1 Å². The lowest BCUT2D eigenvalue weighted by Crippen LogP contribution is -2.54. The van der Waals surface area contributed by atoms with Gasteiger partial charge in [0.25, 0.3) is 0 Å². The van der Waals surface area contributed by atoms with Gasteiger partial charge in [-0.25, -0.2) is 4.79 Å². The first-order chi connectivity index (χ1) is 10.9. The zero-order valence-electron chi connectivity index (χ0n) is 13.9. The molecular weight excluding hydrogens is 296 g/mol. The molecule has 0 saturated carbocycles. The maximum atomic E-state index is 12.5. The van der Waals surface area contributed by atoms with Crippen molar-refractivity contribution in [3.8, 4) is 5.75 Å². The minimum atomic E-state index is -0.931. The van der Waals surface area contributed by atoms with E-state index >= 15 is 0 Å². The normalized spacial score (nSPS) is 21.3. The summed E-state index contributed by atoms with van der Waals surface area (Å²) in [6.07, 6.45) is 1.47. The standard InChI is InChI=1S/C17H24N2O4/c1-18(2)13-8-9-19(15(11-13)17(21)22)16(20)10-12-4-6-14(23-3)7-5-12/h4-7,13,15H,8-11H2,1-3H3,(H,21,22)/t13-,15-/m0/s1. The highest BCUT2D eigenvalue weighted by atomic mass is 16.5. The Morgan fingerprint density at radius 3 is 2.48 bits per heavy atom. The molecule has 1 aliphatic rings. The quantitative estimate of drug-likeness (QED) is 0.884. The van der Waals surface area contributed by atoms with Crippen molar-refractivity contribution in [2.45, 2.75) is 31.3 Å². The third-order valence-corrected chi connectivity index (χ3v) is 4.42. The lowest BCUT2D eigenvalue weighted by atomic mass is 9.95. The zero-order valence-corrected chi connectivity index (χ0v) is 13.9. The smallest absolute Gasteiger partial charge is 0.326 e. The lowest BCUT2D eigenvalue weighted by molar-refractivity contribution is -0.153. The summed E-state index contributed by atoms with van der Waals surface area (Å²) in [4.78, 5) is 27.6. The van der Waals surface area contributed by atoms with Crippen LogP contribution >= 0.6 is 0 Å². The minimum absolute atomic E-state index is 0.139. The molecule has 2 rings (SSSR count). The van der Waals surface area contributed by atoms with Crippen molar-refractivity contribution in [1.29, 1.82) is 0 Å². The number of hydrogen-bond donors (Lipinski definition) is 1. The Kier molecular flexibility index (Phi) is 5.60. The highest BCUT2D eigenvalue weighted by molar-refractivity contribution is 5.85. The van der Waals surface area contributed by atoms with Crippen LogP contribution in [0.2, 0.25) is 0 Å². The lowest BCUT2D eigenvalue weighted by Gasteiger charge is -2.39. The molecule has 1 aliphatic heterocycles. The second-order valence-corrected chi connectivity index (χ2v) is 6.11. The summed E-state index contributed by atoms with van der Waals surface area (Å²) in [6.45, 7) is 0.481. The van der Waals surface area contributed by atoms with E-state index in [1.165, 1.54) is 4.90 Å². The molecule has 0 radical (unpaired) electrons. The van der Waals surface area contributed by atoms with Crippen molar-refractivity contribution in [2.24, 2.45) is 0 Å². The summed E-state index contributed by atoms with van der Waals surface area (Å²) in [5, 5.41) is 9.46. The summed E-state index contributed by atoms with van der Waals surface area (Å²) in [5.74, 6) is -0.337. The molecule has 0 aromatic heterocycles. The molecule has 1 fully saturated rings.